The van der Waals surface area contributed by atoms with Crippen molar-refractivity contribution in [2.45, 2.75) is 13.5 Å². The van der Waals surface area contributed by atoms with Crippen LogP contribution in [0.4, 0.5) is 10.1 Å². The van der Waals surface area contributed by atoms with E-state index in [0.29, 0.717) is 31.0 Å². The second-order valence-corrected chi connectivity index (χ2v) is 9.03. The van der Waals surface area contributed by atoms with E-state index in [9.17, 15) is 12.8 Å². The summed E-state index contributed by atoms with van der Waals surface area (Å²) < 4.78 is 38.8. The molecule has 0 amide bonds. The van der Waals surface area contributed by atoms with E-state index in [-0.39, 0.29) is 17.2 Å². The van der Waals surface area contributed by atoms with Gasteiger partial charge in [-0.05, 0) is 30.7 Å². The number of aliphatic imine (C=N–C) groups is 1. The average Bonchev–Trinajstić information content (AvgIpc) is 3.02. The maximum absolute atomic E-state index is 13.9. The molecule has 2 heterocycles. The molecule has 10 heteroatoms. The Morgan fingerprint density at radius 3 is 2.61 bits per heavy atom. The van der Waals surface area contributed by atoms with E-state index in [4.69, 9.17) is 11.5 Å². The lowest BCUT2D eigenvalue weighted by molar-refractivity contribution is 0.281. The summed E-state index contributed by atoms with van der Waals surface area (Å²) in [5, 5.41) is 4.29. The molecule has 0 unspecified atom stereocenters. The predicted octanol–water partition coefficient (Wildman–Crippen LogP) is 1.28. The molecule has 4 N–H and O–H groups in total. The molecule has 0 saturated carbocycles. The van der Waals surface area contributed by atoms with E-state index in [1.54, 1.807) is 23.9 Å². The van der Waals surface area contributed by atoms with Gasteiger partial charge in [0.2, 0.25) is 0 Å². The Kier molecular flexibility index (Phi) is 5.80. The van der Waals surface area contributed by atoms with E-state index in [1.165, 1.54) is 18.5 Å². The van der Waals surface area contributed by atoms with Crippen molar-refractivity contribution in [2.75, 3.05) is 30.3 Å². The predicted molar refractivity (Wildman–Crippen MR) is 109 cm³/mol. The minimum absolute atomic E-state index is 0.0868. The summed E-state index contributed by atoms with van der Waals surface area (Å²) in [5.74, 6) is 0.173. The van der Waals surface area contributed by atoms with Crippen molar-refractivity contribution >= 4 is 27.7 Å². The SMILES string of the molecule is C/C(N)=N\C=N/n1cc(-c2ccc(N)c(F)c2)cc1CN1CCS(=O)(=O)CC1. The van der Waals surface area contributed by atoms with E-state index < -0.39 is 15.7 Å². The summed E-state index contributed by atoms with van der Waals surface area (Å²) in [6.45, 7) is 3.08. The van der Waals surface area contributed by atoms with Gasteiger partial charge < -0.3 is 11.5 Å². The molecule has 0 aliphatic carbocycles. The van der Waals surface area contributed by atoms with E-state index >= 15 is 0 Å². The first kappa shape index (κ1) is 20.0. The van der Waals surface area contributed by atoms with Crippen molar-refractivity contribution in [3.8, 4) is 11.1 Å². The number of amidine groups is 1. The molecule has 0 spiro atoms. The quantitative estimate of drug-likeness (QED) is 0.440. The number of sulfone groups is 1. The number of hydrogen-bond donors (Lipinski definition) is 2. The van der Waals surface area contributed by atoms with Gasteiger partial charge in [0.1, 0.15) is 12.2 Å². The van der Waals surface area contributed by atoms with Crippen molar-refractivity contribution in [1.29, 1.82) is 0 Å². The highest BCUT2D eigenvalue weighted by Gasteiger charge is 2.22. The molecule has 1 saturated heterocycles. The van der Waals surface area contributed by atoms with Crippen LogP contribution < -0.4 is 11.5 Å². The number of benzene rings is 1. The molecule has 0 radical (unpaired) electrons. The molecule has 8 nitrogen and oxygen atoms in total. The van der Waals surface area contributed by atoms with Crippen LogP contribution in [0.3, 0.4) is 0 Å². The second-order valence-electron chi connectivity index (χ2n) is 6.73. The Labute approximate surface area is 163 Å². The first-order valence-electron chi connectivity index (χ1n) is 8.76. The molecule has 0 atom stereocenters. The van der Waals surface area contributed by atoms with Gasteiger partial charge in [0.05, 0.1) is 28.7 Å². The van der Waals surface area contributed by atoms with Crippen LogP contribution in [0.15, 0.2) is 40.6 Å². The summed E-state index contributed by atoms with van der Waals surface area (Å²) in [4.78, 5) is 6.00. The number of nitrogen functional groups attached to an aromatic ring is 1. The van der Waals surface area contributed by atoms with E-state index in [0.717, 1.165) is 11.3 Å². The Bertz CT molecular complexity index is 1010. The minimum Gasteiger partial charge on any atom is -0.396 e. The topological polar surface area (TPSA) is 119 Å². The first-order valence-corrected chi connectivity index (χ1v) is 10.6. The third-order valence-electron chi connectivity index (χ3n) is 4.47. The minimum atomic E-state index is -2.95. The molecule has 2 aromatic rings. The van der Waals surface area contributed by atoms with Crippen molar-refractivity contribution in [3.63, 3.8) is 0 Å². The van der Waals surface area contributed by atoms with Gasteiger partial charge in [-0.2, -0.15) is 5.10 Å². The normalized spacial score (nSPS) is 18.0. The number of aromatic nitrogens is 1. The number of rotatable bonds is 5. The number of halogens is 1. The van der Waals surface area contributed by atoms with Crippen LogP contribution in [0.1, 0.15) is 12.6 Å². The van der Waals surface area contributed by atoms with Gasteiger partial charge in [-0.3, -0.25) is 4.90 Å². The van der Waals surface area contributed by atoms with Crippen LogP contribution in [-0.2, 0) is 16.4 Å². The van der Waals surface area contributed by atoms with E-state index in [1.807, 2.05) is 11.0 Å². The lowest BCUT2D eigenvalue weighted by Crippen LogP contribution is -2.39. The molecule has 3 rings (SSSR count). The lowest BCUT2D eigenvalue weighted by Gasteiger charge is -2.26. The number of nitrogens with zero attached hydrogens (tertiary/aromatic N) is 4. The molecule has 1 fully saturated rings. The molecule has 1 aliphatic heterocycles. The van der Waals surface area contributed by atoms with Gasteiger partial charge in [0, 0.05) is 31.4 Å². The van der Waals surface area contributed by atoms with Crippen molar-refractivity contribution < 1.29 is 12.8 Å². The smallest absolute Gasteiger partial charge is 0.152 e. The summed E-state index contributed by atoms with van der Waals surface area (Å²) in [6.07, 6.45) is 3.10. The Hall–Kier alpha value is -2.72. The van der Waals surface area contributed by atoms with Gasteiger partial charge in [-0.1, -0.05) is 6.07 Å². The van der Waals surface area contributed by atoms with Crippen LogP contribution in [0, 0.1) is 5.82 Å². The molecule has 1 aliphatic rings. The summed E-state index contributed by atoms with van der Waals surface area (Å²) in [5.41, 5.74) is 13.4. The molecule has 0 bridgehead atoms. The van der Waals surface area contributed by atoms with Crippen LogP contribution in [0.5, 0.6) is 0 Å². The highest BCUT2D eigenvalue weighted by Crippen LogP contribution is 2.26. The first-order chi connectivity index (χ1) is 13.2. The fourth-order valence-corrected chi connectivity index (χ4v) is 4.17. The Balaban J connectivity index is 1.90. The van der Waals surface area contributed by atoms with Gasteiger partial charge in [0.15, 0.2) is 9.84 Å². The van der Waals surface area contributed by atoms with Crippen molar-refractivity contribution in [1.82, 2.24) is 9.58 Å². The second kappa shape index (κ2) is 8.11. The number of nitrogens with two attached hydrogens (primary N) is 2. The molecule has 150 valence electrons. The number of hydrogen-bond acceptors (Lipinski definition) is 5. The van der Waals surface area contributed by atoms with Gasteiger partial charge >= 0.3 is 0 Å². The maximum Gasteiger partial charge on any atom is 0.152 e. The summed E-state index contributed by atoms with van der Waals surface area (Å²) >= 11 is 0. The largest absolute Gasteiger partial charge is 0.396 e. The fraction of sp³-hybridized carbons (Fsp3) is 0.333. The number of anilines is 1. The third kappa shape index (κ3) is 4.96. The van der Waals surface area contributed by atoms with Crippen LogP contribution >= 0.6 is 0 Å². The van der Waals surface area contributed by atoms with Crippen LogP contribution in [0.25, 0.3) is 11.1 Å². The zero-order valence-corrected chi connectivity index (χ0v) is 16.4. The van der Waals surface area contributed by atoms with Crippen LogP contribution in [-0.4, -0.2) is 54.8 Å². The van der Waals surface area contributed by atoms with Crippen LogP contribution in [0.2, 0.25) is 0 Å². The maximum atomic E-state index is 13.9. The zero-order chi connectivity index (χ0) is 20.3. The van der Waals surface area contributed by atoms with Crippen molar-refractivity contribution in [2.24, 2.45) is 15.8 Å². The lowest BCUT2D eigenvalue weighted by atomic mass is 10.1. The molecular formula is C18H23FN6O2S. The molecule has 1 aromatic heterocycles. The molecular weight excluding hydrogens is 383 g/mol. The van der Waals surface area contributed by atoms with Gasteiger partial charge in [-0.25, -0.2) is 22.5 Å². The highest BCUT2D eigenvalue weighted by atomic mass is 32.2. The average molecular weight is 406 g/mol. The molecule has 1 aromatic carbocycles. The van der Waals surface area contributed by atoms with Gasteiger partial charge in [0.25, 0.3) is 0 Å². The standard InChI is InChI=1S/C18H23FN6O2S/c1-13(20)22-12-23-25-10-15(14-2-3-18(21)17(19)9-14)8-16(25)11-24-4-6-28(26,27)7-5-24/h2-3,8-10,12H,4-7,11,21H2,1H3,(H2,20,22,23). The summed E-state index contributed by atoms with van der Waals surface area (Å²) in [7, 11) is -2.95. The zero-order valence-electron chi connectivity index (χ0n) is 15.5. The van der Waals surface area contributed by atoms with Crippen molar-refractivity contribution in [3.05, 3.63) is 42.0 Å². The molecule has 28 heavy (non-hydrogen) atoms. The van der Waals surface area contributed by atoms with E-state index in [2.05, 4.69) is 10.1 Å². The third-order valence-corrected chi connectivity index (χ3v) is 6.08. The Morgan fingerprint density at radius 2 is 1.96 bits per heavy atom. The Morgan fingerprint density at radius 1 is 1.25 bits per heavy atom. The highest BCUT2D eigenvalue weighted by molar-refractivity contribution is 7.91. The fourth-order valence-electron chi connectivity index (χ4n) is 2.90. The summed E-state index contributed by atoms with van der Waals surface area (Å²) in [6, 6.07) is 6.52. The van der Waals surface area contributed by atoms with Gasteiger partial charge in [-0.15, -0.1) is 0 Å². The monoisotopic (exact) mass is 406 g/mol.